The molecule has 0 bridgehead atoms. The normalized spacial score (nSPS) is 10.6. The lowest BCUT2D eigenvalue weighted by molar-refractivity contribution is 0.0602. The number of aryl methyl sites for hydroxylation is 1. The second-order valence-corrected chi connectivity index (χ2v) is 6.60. The average molecular weight is 400 g/mol. The summed E-state index contributed by atoms with van der Waals surface area (Å²) < 4.78 is 4.84. The first-order chi connectivity index (χ1) is 14.6. The number of benzene rings is 2. The summed E-state index contributed by atoms with van der Waals surface area (Å²) in [5.74, 6) is 0.341. The van der Waals surface area contributed by atoms with E-state index in [0.29, 0.717) is 28.6 Å². The number of fused-ring (bicyclic) bond motifs is 1. The van der Waals surface area contributed by atoms with E-state index in [-0.39, 0.29) is 0 Å². The van der Waals surface area contributed by atoms with Gasteiger partial charge in [-0.3, -0.25) is 4.98 Å². The minimum Gasteiger partial charge on any atom is -0.465 e. The van der Waals surface area contributed by atoms with Crippen LogP contribution in [0, 0.1) is 6.92 Å². The summed E-state index contributed by atoms with van der Waals surface area (Å²) in [5.41, 5.74) is 10.1. The number of anilines is 5. The van der Waals surface area contributed by atoms with E-state index >= 15 is 0 Å². The Morgan fingerprint density at radius 1 is 0.933 bits per heavy atom. The number of rotatable bonds is 5. The summed E-state index contributed by atoms with van der Waals surface area (Å²) in [7, 11) is 1.33. The third-order valence-electron chi connectivity index (χ3n) is 4.58. The van der Waals surface area contributed by atoms with Gasteiger partial charge in [0, 0.05) is 11.1 Å². The molecule has 2 aromatic heterocycles. The Kier molecular flexibility index (Phi) is 5.13. The van der Waals surface area contributed by atoms with Crippen LogP contribution in [0.1, 0.15) is 16.1 Å². The fourth-order valence-corrected chi connectivity index (χ4v) is 3.08. The third-order valence-corrected chi connectivity index (χ3v) is 4.58. The van der Waals surface area contributed by atoms with E-state index < -0.39 is 5.97 Å². The van der Waals surface area contributed by atoms with Crippen molar-refractivity contribution in [1.82, 2.24) is 15.0 Å². The first-order valence-electron chi connectivity index (χ1n) is 9.25. The van der Waals surface area contributed by atoms with Crippen molar-refractivity contribution in [2.75, 3.05) is 23.5 Å². The smallest absolute Gasteiger partial charge is 0.339 e. The number of pyridine rings is 1. The van der Waals surface area contributed by atoms with Crippen molar-refractivity contribution in [2.24, 2.45) is 0 Å². The van der Waals surface area contributed by atoms with Crippen molar-refractivity contribution in [1.29, 1.82) is 0 Å². The number of nitrogens with one attached hydrogen (secondary N) is 2. The van der Waals surface area contributed by atoms with E-state index in [4.69, 9.17) is 10.5 Å². The van der Waals surface area contributed by atoms with Crippen molar-refractivity contribution in [3.63, 3.8) is 0 Å². The predicted molar refractivity (Wildman–Crippen MR) is 117 cm³/mol. The molecule has 0 aliphatic carbocycles. The van der Waals surface area contributed by atoms with Crippen molar-refractivity contribution in [3.05, 3.63) is 72.2 Å². The van der Waals surface area contributed by atoms with Gasteiger partial charge in [-0.15, -0.1) is 0 Å². The zero-order valence-electron chi connectivity index (χ0n) is 16.5. The number of hydrogen-bond acceptors (Lipinski definition) is 8. The summed E-state index contributed by atoms with van der Waals surface area (Å²) in [6.07, 6.45) is 1.39. The van der Waals surface area contributed by atoms with E-state index in [2.05, 4.69) is 25.6 Å². The molecule has 0 radical (unpaired) electrons. The first kappa shape index (κ1) is 19.1. The number of nitrogens with two attached hydrogens (primary N) is 1. The van der Waals surface area contributed by atoms with Gasteiger partial charge in [0.25, 0.3) is 0 Å². The zero-order valence-corrected chi connectivity index (χ0v) is 16.5. The number of methoxy groups -OCH3 is 1. The Balaban J connectivity index is 1.69. The van der Waals surface area contributed by atoms with Crippen molar-refractivity contribution >= 4 is 45.6 Å². The van der Waals surface area contributed by atoms with E-state index in [1.54, 1.807) is 24.3 Å². The molecule has 0 aliphatic heterocycles. The Bertz CT molecular complexity index is 1240. The maximum Gasteiger partial charge on any atom is 0.339 e. The number of para-hydroxylation sites is 2. The third kappa shape index (κ3) is 3.70. The quantitative estimate of drug-likeness (QED) is 0.427. The van der Waals surface area contributed by atoms with Crippen LogP contribution in [0.25, 0.3) is 10.9 Å². The van der Waals surface area contributed by atoms with E-state index in [1.807, 2.05) is 37.3 Å². The number of carbonyl (C=O) groups excluding carboxylic acids is 1. The highest BCUT2D eigenvalue weighted by atomic mass is 16.5. The van der Waals surface area contributed by atoms with E-state index in [0.717, 1.165) is 22.3 Å². The SMILES string of the molecule is COC(=O)c1ccccc1Nc1ncnc(Nc2cccc3ccc(C)nc23)c1N. The van der Waals surface area contributed by atoms with Gasteiger partial charge in [-0.05, 0) is 31.2 Å². The summed E-state index contributed by atoms with van der Waals surface area (Å²) in [5, 5.41) is 7.35. The number of esters is 1. The highest BCUT2D eigenvalue weighted by Gasteiger charge is 2.15. The molecule has 0 atom stereocenters. The number of carbonyl (C=O) groups is 1. The Labute approximate surface area is 173 Å². The van der Waals surface area contributed by atoms with Crippen LogP contribution in [0.3, 0.4) is 0 Å². The topological polar surface area (TPSA) is 115 Å². The number of hydrogen-bond donors (Lipinski definition) is 3. The molecule has 4 rings (SSSR count). The molecule has 0 saturated carbocycles. The zero-order chi connectivity index (χ0) is 21.1. The number of ether oxygens (including phenoxy) is 1. The maximum absolute atomic E-state index is 12.0. The molecule has 0 saturated heterocycles. The van der Waals surface area contributed by atoms with E-state index in [9.17, 15) is 4.79 Å². The van der Waals surface area contributed by atoms with Crippen LogP contribution in [0.2, 0.25) is 0 Å². The van der Waals surface area contributed by atoms with Crippen molar-refractivity contribution in [2.45, 2.75) is 6.92 Å². The molecule has 8 heteroatoms. The van der Waals surface area contributed by atoms with Gasteiger partial charge < -0.3 is 21.1 Å². The van der Waals surface area contributed by atoms with Crippen LogP contribution in [0.4, 0.5) is 28.7 Å². The highest BCUT2D eigenvalue weighted by molar-refractivity contribution is 5.97. The lowest BCUT2D eigenvalue weighted by atomic mass is 10.1. The summed E-state index contributed by atoms with van der Waals surface area (Å²) in [4.78, 5) is 25.1. The summed E-state index contributed by atoms with van der Waals surface area (Å²) in [6.45, 7) is 1.94. The molecule has 0 amide bonds. The number of nitrogens with zero attached hydrogens (tertiary/aromatic N) is 3. The first-order valence-corrected chi connectivity index (χ1v) is 9.25. The van der Waals surface area contributed by atoms with Gasteiger partial charge >= 0.3 is 5.97 Å². The van der Waals surface area contributed by atoms with Gasteiger partial charge in [-0.2, -0.15) is 0 Å². The van der Waals surface area contributed by atoms with Gasteiger partial charge in [0.2, 0.25) is 0 Å². The van der Waals surface area contributed by atoms with Gasteiger partial charge in [-0.1, -0.05) is 30.3 Å². The molecule has 2 aromatic carbocycles. The fraction of sp³-hybridized carbons (Fsp3) is 0.0909. The fourth-order valence-electron chi connectivity index (χ4n) is 3.08. The molecule has 4 N–H and O–H groups in total. The Morgan fingerprint density at radius 3 is 2.40 bits per heavy atom. The Hall–Kier alpha value is -4.20. The lowest BCUT2D eigenvalue weighted by Gasteiger charge is -2.15. The van der Waals surface area contributed by atoms with Gasteiger partial charge in [0.05, 0.1) is 29.6 Å². The van der Waals surface area contributed by atoms with Gasteiger partial charge in [0.1, 0.15) is 12.0 Å². The average Bonchev–Trinajstić information content (AvgIpc) is 2.76. The monoisotopic (exact) mass is 400 g/mol. The number of nitrogen functional groups attached to an aromatic ring is 1. The second-order valence-electron chi connectivity index (χ2n) is 6.60. The Morgan fingerprint density at radius 2 is 1.63 bits per heavy atom. The minimum absolute atomic E-state index is 0.307. The van der Waals surface area contributed by atoms with Crippen LogP contribution in [0.5, 0.6) is 0 Å². The van der Waals surface area contributed by atoms with Crippen molar-refractivity contribution in [3.8, 4) is 0 Å². The maximum atomic E-state index is 12.0. The standard InChI is InChI=1S/C22H20N6O2/c1-13-10-11-14-6-5-9-17(19(14)26-13)28-21-18(23)20(24-12-25-21)27-16-8-4-3-7-15(16)22(29)30-2/h3-12H,23H2,1-2H3,(H2,24,25,27,28). The molecular formula is C22H20N6O2. The lowest BCUT2D eigenvalue weighted by Crippen LogP contribution is -2.09. The van der Waals surface area contributed by atoms with Gasteiger partial charge in [0.15, 0.2) is 11.6 Å². The highest BCUT2D eigenvalue weighted by Crippen LogP contribution is 2.31. The molecule has 30 heavy (non-hydrogen) atoms. The molecule has 0 unspecified atom stereocenters. The van der Waals surface area contributed by atoms with E-state index in [1.165, 1.54) is 13.4 Å². The molecule has 2 heterocycles. The van der Waals surface area contributed by atoms with Gasteiger partial charge in [-0.25, -0.2) is 14.8 Å². The molecule has 4 aromatic rings. The predicted octanol–water partition coefficient (Wildman–Crippen LogP) is 4.19. The van der Waals surface area contributed by atoms with Crippen LogP contribution in [-0.4, -0.2) is 28.0 Å². The molecule has 0 fully saturated rings. The molecular weight excluding hydrogens is 380 g/mol. The summed E-state index contributed by atoms with van der Waals surface area (Å²) >= 11 is 0. The molecule has 150 valence electrons. The minimum atomic E-state index is -0.457. The largest absolute Gasteiger partial charge is 0.465 e. The molecule has 0 aliphatic rings. The second kappa shape index (κ2) is 8.04. The van der Waals surface area contributed by atoms with Crippen LogP contribution >= 0.6 is 0 Å². The van der Waals surface area contributed by atoms with Crippen molar-refractivity contribution < 1.29 is 9.53 Å². The molecule has 0 spiro atoms. The van der Waals surface area contributed by atoms with Crippen LogP contribution in [0.15, 0.2) is 60.9 Å². The number of aromatic nitrogens is 3. The van der Waals surface area contributed by atoms with Crippen LogP contribution < -0.4 is 16.4 Å². The molecule has 8 nitrogen and oxygen atoms in total. The van der Waals surface area contributed by atoms with Crippen LogP contribution in [-0.2, 0) is 4.74 Å². The summed E-state index contributed by atoms with van der Waals surface area (Å²) in [6, 6.07) is 16.8.